The summed E-state index contributed by atoms with van der Waals surface area (Å²) in [7, 11) is 0. The summed E-state index contributed by atoms with van der Waals surface area (Å²) >= 11 is 6.46. The molecule has 0 spiro atoms. The quantitative estimate of drug-likeness (QED) is 0.235. The van der Waals surface area contributed by atoms with Crippen molar-refractivity contribution in [2.75, 3.05) is 5.32 Å². The van der Waals surface area contributed by atoms with Gasteiger partial charge >= 0.3 is 35.5 Å². The molecule has 184 valence electrons. The molecule has 0 bridgehead atoms. The smallest absolute Gasteiger partial charge is 0.481 e. The number of carboxylic acids is 1. The Balaban J connectivity index is 0.00000336. The molecule has 0 unspecified atom stereocenters. The van der Waals surface area contributed by atoms with Crippen LogP contribution in [0.1, 0.15) is 34.7 Å². The van der Waals surface area contributed by atoms with E-state index < -0.39 is 18.3 Å². The van der Waals surface area contributed by atoms with E-state index in [0.717, 1.165) is 22.0 Å². The number of aliphatic carboxylic acids is 1. The minimum absolute atomic E-state index is 0. The molecule has 0 fully saturated rings. The maximum atomic E-state index is 11.8. The van der Waals surface area contributed by atoms with Crippen molar-refractivity contribution in [3.63, 3.8) is 0 Å². The van der Waals surface area contributed by atoms with Gasteiger partial charge in [0.1, 0.15) is 6.42 Å². The van der Waals surface area contributed by atoms with Crippen LogP contribution in [0.15, 0.2) is 109 Å². The van der Waals surface area contributed by atoms with Crippen LogP contribution < -0.4 is 34.9 Å². The topological polar surface area (TPSA) is 71.3 Å². The molecule has 5 nitrogen and oxygen atoms in total. The van der Waals surface area contributed by atoms with Crippen molar-refractivity contribution < 1.29 is 44.3 Å². The molecule has 0 saturated carbocycles. The number of carbonyl (C=O) groups excluding carboxylic acids is 1. The number of carbonyl (C=O) groups is 2. The van der Waals surface area contributed by atoms with Crippen molar-refractivity contribution >= 4 is 40.1 Å². The van der Waals surface area contributed by atoms with E-state index in [2.05, 4.69) is 70.7 Å². The molecule has 0 aliphatic rings. The van der Waals surface area contributed by atoms with Gasteiger partial charge in [0.15, 0.2) is 0 Å². The third-order valence-electron chi connectivity index (χ3n) is 6.33. The molecule has 0 aliphatic heterocycles. The summed E-state index contributed by atoms with van der Waals surface area (Å²) in [6.07, 6.45) is 2.33. The summed E-state index contributed by atoms with van der Waals surface area (Å²) in [5.74, 6) is -1.71. The summed E-state index contributed by atoms with van der Waals surface area (Å²) in [6.45, 7) is 0. The fourth-order valence-electron chi connectivity index (χ4n) is 4.70. The van der Waals surface area contributed by atoms with Crippen LogP contribution >= 0.6 is 11.6 Å². The molecule has 1 aromatic heterocycles. The van der Waals surface area contributed by atoms with E-state index >= 15 is 0 Å². The third kappa shape index (κ3) is 6.37. The zero-order chi connectivity index (χ0) is 25.8. The number of halogens is 1. The summed E-state index contributed by atoms with van der Waals surface area (Å²) in [5.41, 5.74) is 6.21. The van der Waals surface area contributed by atoms with Gasteiger partial charge < -0.3 is 15.0 Å². The third-order valence-corrected chi connectivity index (χ3v) is 6.57. The van der Waals surface area contributed by atoms with Gasteiger partial charge in [-0.2, -0.15) is 0 Å². The Bertz CT molecular complexity index is 1510. The summed E-state index contributed by atoms with van der Waals surface area (Å²) in [4.78, 5) is 22.5. The second-order valence-electron chi connectivity index (χ2n) is 8.94. The van der Waals surface area contributed by atoms with Gasteiger partial charge in [-0.3, -0.25) is 9.59 Å². The van der Waals surface area contributed by atoms with E-state index in [4.69, 9.17) is 16.7 Å². The van der Waals surface area contributed by atoms with Crippen LogP contribution in [0.2, 0.25) is 5.02 Å². The molecule has 7 heteroatoms. The maximum Gasteiger partial charge on any atom is 1.00 e. The van der Waals surface area contributed by atoms with Crippen LogP contribution in [-0.4, -0.2) is 21.6 Å². The molecule has 0 atom stereocenters. The minimum Gasteiger partial charge on any atom is -0.481 e. The van der Waals surface area contributed by atoms with Crippen molar-refractivity contribution in [1.29, 1.82) is 0 Å². The number of rotatable bonds is 8. The first-order valence-corrected chi connectivity index (χ1v) is 12.3. The van der Waals surface area contributed by atoms with Crippen LogP contribution in [0.3, 0.4) is 0 Å². The van der Waals surface area contributed by atoms with Crippen molar-refractivity contribution in [3.05, 3.63) is 137 Å². The van der Waals surface area contributed by atoms with Crippen molar-refractivity contribution in [3.8, 4) is 0 Å². The number of nitrogens with one attached hydrogen (secondary N) is 1. The molecular weight excluding hydrogens is 507 g/mol. The molecule has 4 aromatic carbocycles. The van der Waals surface area contributed by atoms with Crippen LogP contribution in [0.5, 0.6) is 0 Å². The van der Waals surface area contributed by atoms with Crippen molar-refractivity contribution in [2.45, 2.75) is 18.9 Å². The predicted octanol–water partition coefficient (Wildman–Crippen LogP) is 3.94. The van der Waals surface area contributed by atoms with Crippen LogP contribution in [0.4, 0.5) is 5.69 Å². The molecular formula is C31H25ClN2NaO3+. The standard InChI is InChI=1S/C31H25ClN2O3.Na/c32-25-13-16-27-24(17-21-11-14-26(15-12-21)33-29(35)19-30(36)37)20-34(28(27)18-25)31(22-7-3-1-4-8-22)23-9-5-2-6-10-23;/h1-16,18,20,31H,17,19H2,(H,33,35)(H,36,37);/q;+1. The fraction of sp³-hybridized carbons (Fsp3) is 0.0968. The van der Waals surface area contributed by atoms with Gasteiger partial charge in [0, 0.05) is 22.3 Å². The summed E-state index contributed by atoms with van der Waals surface area (Å²) in [6, 6.07) is 34.3. The van der Waals surface area contributed by atoms with Gasteiger partial charge in [-0.15, -0.1) is 0 Å². The van der Waals surface area contributed by atoms with Crippen LogP contribution in [-0.2, 0) is 16.0 Å². The van der Waals surface area contributed by atoms with Crippen LogP contribution in [0, 0.1) is 0 Å². The second kappa shape index (κ2) is 12.5. The fourth-order valence-corrected chi connectivity index (χ4v) is 4.87. The Hall–Kier alpha value is -3.35. The second-order valence-corrected chi connectivity index (χ2v) is 9.38. The first-order chi connectivity index (χ1) is 18.0. The predicted molar refractivity (Wildman–Crippen MR) is 147 cm³/mol. The van der Waals surface area contributed by atoms with Crippen molar-refractivity contribution in [2.24, 2.45) is 0 Å². The van der Waals surface area contributed by atoms with Gasteiger partial charge in [-0.05, 0) is 52.9 Å². The van der Waals surface area contributed by atoms with E-state index in [9.17, 15) is 9.59 Å². The number of anilines is 1. The largest absolute Gasteiger partial charge is 1.00 e. The SMILES string of the molecule is O=C(O)CC(=O)Nc1ccc(Cc2cn(C(c3ccccc3)c3ccccc3)c3cc(Cl)ccc23)cc1.[Na+]. The van der Waals surface area contributed by atoms with Gasteiger partial charge in [0.05, 0.1) is 11.6 Å². The zero-order valence-electron chi connectivity index (χ0n) is 21.0. The molecule has 5 rings (SSSR count). The first-order valence-electron chi connectivity index (χ1n) is 12.0. The average molecular weight is 532 g/mol. The van der Waals surface area contributed by atoms with E-state index in [-0.39, 0.29) is 35.6 Å². The van der Waals surface area contributed by atoms with E-state index in [1.165, 1.54) is 11.1 Å². The number of fused-ring (bicyclic) bond motifs is 1. The molecule has 1 amide bonds. The number of nitrogens with zero attached hydrogens (tertiary/aromatic N) is 1. The van der Waals surface area contributed by atoms with Crippen LogP contribution in [0.25, 0.3) is 10.9 Å². The van der Waals surface area contributed by atoms with E-state index in [1.807, 2.05) is 36.4 Å². The average Bonchev–Trinajstić information content (AvgIpc) is 3.23. The van der Waals surface area contributed by atoms with Crippen molar-refractivity contribution in [1.82, 2.24) is 4.57 Å². The minimum atomic E-state index is -1.16. The molecule has 5 aromatic rings. The normalized spacial score (nSPS) is 10.8. The maximum absolute atomic E-state index is 11.8. The van der Waals surface area contributed by atoms with E-state index in [1.54, 1.807) is 12.1 Å². The van der Waals surface area contributed by atoms with Gasteiger partial charge in [-0.1, -0.05) is 90.5 Å². The number of hydrogen-bond acceptors (Lipinski definition) is 2. The first kappa shape index (κ1) is 27.7. The molecule has 38 heavy (non-hydrogen) atoms. The zero-order valence-corrected chi connectivity index (χ0v) is 23.7. The van der Waals surface area contributed by atoms with Gasteiger partial charge in [0.25, 0.3) is 0 Å². The molecule has 0 saturated heterocycles. The number of benzene rings is 4. The number of aromatic nitrogens is 1. The Morgan fingerprint density at radius 3 is 2.03 bits per heavy atom. The Morgan fingerprint density at radius 1 is 0.842 bits per heavy atom. The molecule has 2 N–H and O–H groups in total. The molecule has 0 aliphatic carbocycles. The van der Waals surface area contributed by atoms with Gasteiger partial charge in [-0.25, -0.2) is 0 Å². The Labute approximate surface area is 248 Å². The summed E-state index contributed by atoms with van der Waals surface area (Å²) in [5, 5.41) is 13.2. The molecule has 0 radical (unpaired) electrons. The molecule has 1 heterocycles. The number of carboxylic acid groups (broad SMARTS) is 1. The number of hydrogen-bond donors (Lipinski definition) is 2. The Kier molecular flexibility index (Phi) is 9.08. The Morgan fingerprint density at radius 2 is 1.45 bits per heavy atom. The summed E-state index contributed by atoms with van der Waals surface area (Å²) < 4.78 is 2.29. The number of amides is 1. The van der Waals surface area contributed by atoms with Gasteiger partial charge in [0.2, 0.25) is 5.91 Å². The monoisotopic (exact) mass is 531 g/mol. The van der Waals surface area contributed by atoms with E-state index in [0.29, 0.717) is 17.1 Å².